The number of aliphatic hydroxyl groups excluding tert-OH is 1. The summed E-state index contributed by atoms with van der Waals surface area (Å²) in [5.41, 5.74) is 0. The van der Waals surface area contributed by atoms with Crippen LogP contribution in [-0.2, 0) is 4.79 Å². The lowest BCUT2D eigenvalue weighted by atomic mass is 10.1. The lowest BCUT2D eigenvalue weighted by molar-refractivity contribution is -0.125. The quantitative estimate of drug-likeness (QED) is 0.849. The SMILES string of the molecule is O=C(CCCC(O)c1ccc(Br)s1)N1CC1. The van der Waals surface area contributed by atoms with Crippen molar-refractivity contribution in [3.63, 3.8) is 0 Å². The van der Waals surface area contributed by atoms with E-state index in [-0.39, 0.29) is 5.91 Å². The first kappa shape index (κ1) is 12.1. The van der Waals surface area contributed by atoms with Crippen molar-refractivity contribution in [2.75, 3.05) is 13.1 Å². The van der Waals surface area contributed by atoms with Crippen molar-refractivity contribution >= 4 is 33.2 Å². The molecule has 1 unspecified atom stereocenters. The Morgan fingerprint density at radius 1 is 1.56 bits per heavy atom. The molecule has 1 amide bonds. The van der Waals surface area contributed by atoms with Crippen molar-refractivity contribution in [3.8, 4) is 0 Å². The van der Waals surface area contributed by atoms with E-state index in [1.807, 2.05) is 17.0 Å². The van der Waals surface area contributed by atoms with Gasteiger partial charge >= 0.3 is 0 Å². The maximum atomic E-state index is 11.4. The Bertz CT molecular complexity index is 376. The Kier molecular flexibility index (Phi) is 4.00. The van der Waals surface area contributed by atoms with Gasteiger partial charge in [-0.05, 0) is 40.9 Å². The van der Waals surface area contributed by atoms with Crippen LogP contribution in [0, 0.1) is 0 Å². The van der Waals surface area contributed by atoms with Gasteiger partial charge in [-0.15, -0.1) is 11.3 Å². The Morgan fingerprint density at radius 2 is 2.31 bits per heavy atom. The molecule has 1 N–H and O–H groups in total. The second-order valence-corrected chi connectivity index (χ2v) is 6.43. The van der Waals surface area contributed by atoms with Crippen molar-refractivity contribution in [3.05, 3.63) is 20.8 Å². The Balaban J connectivity index is 1.71. The summed E-state index contributed by atoms with van der Waals surface area (Å²) in [5.74, 6) is 0.222. The van der Waals surface area contributed by atoms with Gasteiger partial charge in [0.05, 0.1) is 9.89 Å². The lowest BCUT2D eigenvalue weighted by Gasteiger charge is -2.07. The zero-order valence-electron chi connectivity index (χ0n) is 8.86. The van der Waals surface area contributed by atoms with Gasteiger partial charge < -0.3 is 10.0 Å². The van der Waals surface area contributed by atoms with E-state index in [9.17, 15) is 9.90 Å². The molecule has 0 spiro atoms. The summed E-state index contributed by atoms with van der Waals surface area (Å²) in [6.07, 6.45) is 1.54. The maximum Gasteiger partial charge on any atom is 0.222 e. The molecule has 5 heteroatoms. The van der Waals surface area contributed by atoms with Gasteiger partial charge in [0.1, 0.15) is 0 Å². The first-order valence-corrected chi connectivity index (χ1v) is 6.99. The van der Waals surface area contributed by atoms with Gasteiger partial charge in [-0.3, -0.25) is 4.79 Å². The largest absolute Gasteiger partial charge is 0.388 e. The van der Waals surface area contributed by atoms with E-state index in [0.29, 0.717) is 12.8 Å². The Labute approximate surface area is 107 Å². The van der Waals surface area contributed by atoms with Crippen LogP contribution in [0.25, 0.3) is 0 Å². The molecule has 0 bridgehead atoms. The molecule has 2 rings (SSSR count). The van der Waals surface area contributed by atoms with Crippen LogP contribution in [-0.4, -0.2) is 29.0 Å². The highest BCUT2D eigenvalue weighted by Gasteiger charge is 2.23. The Hall–Kier alpha value is -0.390. The van der Waals surface area contributed by atoms with Gasteiger partial charge in [-0.25, -0.2) is 0 Å². The summed E-state index contributed by atoms with van der Waals surface area (Å²) in [6, 6.07) is 3.86. The normalized spacial score (nSPS) is 16.2. The molecule has 88 valence electrons. The summed E-state index contributed by atoms with van der Waals surface area (Å²) in [5, 5.41) is 9.87. The van der Waals surface area contributed by atoms with Gasteiger partial charge in [-0.2, -0.15) is 0 Å². The first-order chi connectivity index (χ1) is 7.66. The molecule has 0 saturated carbocycles. The summed E-state index contributed by atoms with van der Waals surface area (Å²) in [6.45, 7) is 1.83. The standard InChI is InChI=1S/C11H14BrNO2S/c12-10-5-4-9(16-10)8(14)2-1-3-11(15)13-6-7-13/h4-5,8,14H,1-3,6-7H2. The molecule has 1 saturated heterocycles. The van der Waals surface area contributed by atoms with E-state index in [0.717, 1.165) is 28.2 Å². The summed E-state index contributed by atoms with van der Waals surface area (Å²) >= 11 is 4.91. The minimum Gasteiger partial charge on any atom is -0.388 e. The average Bonchev–Trinajstić information content (AvgIpc) is 3.01. The number of rotatable bonds is 5. The van der Waals surface area contributed by atoms with E-state index in [4.69, 9.17) is 0 Å². The number of hydrogen-bond donors (Lipinski definition) is 1. The van der Waals surface area contributed by atoms with E-state index in [2.05, 4.69) is 15.9 Å². The molecule has 1 atom stereocenters. The predicted octanol–water partition coefficient (Wildman–Crippen LogP) is 2.56. The van der Waals surface area contributed by atoms with Crippen LogP contribution in [0.3, 0.4) is 0 Å². The van der Waals surface area contributed by atoms with Crippen molar-refractivity contribution in [1.82, 2.24) is 4.90 Å². The van der Waals surface area contributed by atoms with Crippen LogP contribution >= 0.6 is 27.3 Å². The van der Waals surface area contributed by atoms with Crippen LogP contribution in [0.5, 0.6) is 0 Å². The third kappa shape index (κ3) is 3.30. The molecule has 0 aromatic carbocycles. The lowest BCUT2D eigenvalue weighted by Crippen LogP contribution is -2.10. The molecule has 16 heavy (non-hydrogen) atoms. The monoisotopic (exact) mass is 303 g/mol. The molecule has 1 aromatic heterocycles. The van der Waals surface area contributed by atoms with Crippen molar-refractivity contribution in [1.29, 1.82) is 0 Å². The Morgan fingerprint density at radius 3 is 2.88 bits per heavy atom. The van der Waals surface area contributed by atoms with E-state index < -0.39 is 6.10 Å². The zero-order valence-corrected chi connectivity index (χ0v) is 11.3. The third-order valence-corrected chi connectivity index (χ3v) is 4.32. The summed E-state index contributed by atoms with van der Waals surface area (Å²) < 4.78 is 1.03. The second kappa shape index (κ2) is 5.29. The third-order valence-electron chi connectivity index (χ3n) is 2.59. The fourth-order valence-electron chi connectivity index (χ4n) is 1.55. The molecular weight excluding hydrogens is 290 g/mol. The maximum absolute atomic E-state index is 11.4. The highest BCUT2D eigenvalue weighted by atomic mass is 79.9. The van der Waals surface area contributed by atoms with Crippen LogP contribution in [0.2, 0.25) is 0 Å². The van der Waals surface area contributed by atoms with Gasteiger partial charge in [0.2, 0.25) is 5.91 Å². The molecule has 1 aromatic rings. The van der Waals surface area contributed by atoms with Crippen LogP contribution in [0.15, 0.2) is 15.9 Å². The zero-order chi connectivity index (χ0) is 11.5. The predicted molar refractivity (Wildman–Crippen MR) is 67.4 cm³/mol. The number of hydrogen-bond acceptors (Lipinski definition) is 3. The molecule has 3 nitrogen and oxygen atoms in total. The number of carbonyl (C=O) groups excluding carboxylic acids is 1. The van der Waals surface area contributed by atoms with Gasteiger partial charge in [-0.1, -0.05) is 0 Å². The molecule has 2 heterocycles. The van der Waals surface area contributed by atoms with Crippen LogP contribution in [0.4, 0.5) is 0 Å². The highest BCUT2D eigenvalue weighted by molar-refractivity contribution is 9.11. The van der Waals surface area contributed by atoms with Gasteiger partial charge in [0.15, 0.2) is 0 Å². The first-order valence-electron chi connectivity index (χ1n) is 5.38. The fourth-order valence-corrected chi connectivity index (χ4v) is 3.00. The molecule has 0 aliphatic carbocycles. The number of amides is 1. The van der Waals surface area contributed by atoms with Gasteiger partial charge in [0.25, 0.3) is 0 Å². The molecule has 1 aliphatic heterocycles. The smallest absolute Gasteiger partial charge is 0.222 e. The average molecular weight is 304 g/mol. The van der Waals surface area contributed by atoms with E-state index >= 15 is 0 Å². The number of thiophene rings is 1. The number of aliphatic hydroxyl groups is 1. The van der Waals surface area contributed by atoms with Crippen molar-refractivity contribution in [2.45, 2.75) is 25.4 Å². The van der Waals surface area contributed by atoms with E-state index in [1.54, 1.807) is 11.3 Å². The fraction of sp³-hybridized carbons (Fsp3) is 0.545. The molecule has 1 aliphatic rings. The number of halogens is 1. The number of nitrogens with zero attached hydrogens (tertiary/aromatic N) is 1. The molecular formula is C11H14BrNO2S. The van der Waals surface area contributed by atoms with Gasteiger partial charge in [0, 0.05) is 24.4 Å². The second-order valence-electron chi connectivity index (χ2n) is 3.93. The van der Waals surface area contributed by atoms with Crippen LogP contribution in [0.1, 0.15) is 30.2 Å². The van der Waals surface area contributed by atoms with Crippen LogP contribution < -0.4 is 0 Å². The highest BCUT2D eigenvalue weighted by Crippen LogP contribution is 2.29. The number of carbonyl (C=O) groups is 1. The van der Waals surface area contributed by atoms with Crippen molar-refractivity contribution < 1.29 is 9.90 Å². The van der Waals surface area contributed by atoms with Crippen molar-refractivity contribution in [2.24, 2.45) is 0 Å². The summed E-state index contributed by atoms with van der Waals surface area (Å²) in [7, 11) is 0. The molecule has 0 radical (unpaired) electrons. The van der Waals surface area contributed by atoms with E-state index in [1.165, 1.54) is 0 Å². The minimum atomic E-state index is -0.432. The topological polar surface area (TPSA) is 40.3 Å². The minimum absolute atomic E-state index is 0.222. The summed E-state index contributed by atoms with van der Waals surface area (Å²) in [4.78, 5) is 14.2. The molecule has 1 fully saturated rings.